The molecule has 0 bridgehead atoms. The van der Waals surface area contributed by atoms with E-state index >= 15 is 0 Å². The zero-order valence-corrected chi connectivity index (χ0v) is 11.0. The lowest BCUT2D eigenvalue weighted by atomic mass is 10.2. The Morgan fingerprint density at radius 2 is 2.45 bits per heavy atom. The number of aliphatic imine (C=N–C) groups is 1. The minimum absolute atomic E-state index is 0.0956. The Morgan fingerprint density at radius 1 is 1.65 bits per heavy atom. The summed E-state index contributed by atoms with van der Waals surface area (Å²) in [5.41, 5.74) is 0.444. The van der Waals surface area contributed by atoms with Gasteiger partial charge >= 0.3 is 5.97 Å². The Labute approximate surface area is 115 Å². The van der Waals surface area contributed by atoms with Gasteiger partial charge in [0.2, 0.25) is 5.90 Å². The second-order valence-electron chi connectivity index (χ2n) is 4.03. The van der Waals surface area contributed by atoms with E-state index in [1.54, 1.807) is 6.07 Å². The SMILES string of the molecule is C=CCOc1ccc(C2=NC(C(=O)OC)CO2)cc1F. The molecule has 0 fully saturated rings. The average molecular weight is 279 g/mol. The number of methoxy groups -OCH3 is 1. The molecule has 1 aromatic rings. The number of carbonyl (C=O) groups is 1. The number of nitrogens with zero attached hydrogens (tertiary/aromatic N) is 1. The summed E-state index contributed by atoms with van der Waals surface area (Å²) in [6.07, 6.45) is 1.53. The first kappa shape index (κ1) is 14.0. The molecule has 2 rings (SSSR count). The fourth-order valence-electron chi connectivity index (χ4n) is 1.69. The summed E-state index contributed by atoms with van der Waals surface area (Å²) in [5.74, 6) is -0.671. The van der Waals surface area contributed by atoms with Crippen LogP contribution in [0.3, 0.4) is 0 Å². The molecule has 1 aliphatic rings. The van der Waals surface area contributed by atoms with Crippen LogP contribution in [0.1, 0.15) is 5.56 Å². The van der Waals surface area contributed by atoms with Crippen LogP contribution in [0.4, 0.5) is 4.39 Å². The number of halogens is 1. The minimum atomic E-state index is -0.699. The molecular formula is C14H14FNO4. The molecular weight excluding hydrogens is 265 g/mol. The normalized spacial score (nSPS) is 17.1. The summed E-state index contributed by atoms with van der Waals surface area (Å²) >= 11 is 0. The summed E-state index contributed by atoms with van der Waals surface area (Å²) in [7, 11) is 1.28. The van der Waals surface area contributed by atoms with E-state index in [1.807, 2.05) is 0 Å². The van der Waals surface area contributed by atoms with Crippen LogP contribution >= 0.6 is 0 Å². The predicted octanol–water partition coefficient (Wildman–Crippen LogP) is 1.71. The monoisotopic (exact) mass is 279 g/mol. The number of rotatable bonds is 5. The predicted molar refractivity (Wildman–Crippen MR) is 70.4 cm³/mol. The van der Waals surface area contributed by atoms with Crippen molar-refractivity contribution in [2.45, 2.75) is 6.04 Å². The number of hydrogen-bond acceptors (Lipinski definition) is 5. The van der Waals surface area contributed by atoms with Crippen molar-refractivity contribution in [3.63, 3.8) is 0 Å². The Hall–Kier alpha value is -2.37. The van der Waals surface area contributed by atoms with Crippen LogP contribution in [0, 0.1) is 5.82 Å². The van der Waals surface area contributed by atoms with E-state index in [2.05, 4.69) is 16.3 Å². The lowest BCUT2D eigenvalue weighted by Crippen LogP contribution is -2.21. The standard InChI is InChI=1S/C14H14FNO4/c1-3-6-19-12-5-4-9(7-10(12)15)13-16-11(8-20-13)14(17)18-2/h3-5,7,11H,1,6,8H2,2H3. The number of benzene rings is 1. The Kier molecular flexibility index (Phi) is 4.34. The zero-order valence-electron chi connectivity index (χ0n) is 11.0. The van der Waals surface area contributed by atoms with Gasteiger partial charge in [-0.3, -0.25) is 0 Å². The van der Waals surface area contributed by atoms with Crippen molar-refractivity contribution < 1.29 is 23.4 Å². The molecule has 0 aromatic heterocycles. The van der Waals surface area contributed by atoms with Gasteiger partial charge in [0.05, 0.1) is 7.11 Å². The second-order valence-corrected chi connectivity index (χ2v) is 4.03. The maximum absolute atomic E-state index is 13.8. The van der Waals surface area contributed by atoms with Crippen LogP contribution in [-0.2, 0) is 14.3 Å². The first-order valence-electron chi connectivity index (χ1n) is 5.97. The lowest BCUT2D eigenvalue weighted by Gasteiger charge is -2.06. The van der Waals surface area contributed by atoms with Crippen molar-refractivity contribution in [2.24, 2.45) is 4.99 Å². The molecule has 6 heteroatoms. The molecule has 0 aliphatic carbocycles. The van der Waals surface area contributed by atoms with Crippen LogP contribution in [0.25, 0.3) is 0 Å². The molecule has 0 radical (unpaired) electrons. The summed E-state index contributed by atoms with van der Waals surface area (Å²) in [5, 5.41) is 0. The molecule has 0 saturated heterocycles. The van der Waals surface area contributed by atoms with E-state index in [1.165, 1.54) is 25.3 Å². The van der Waals surface area contributed by atoms with Gasteiger partial charge in [-0.15, -0.1) is 0 Å². The third-order valence-electron chi connectivity index (χ3n) is 2.66. The molecule has 106 valence electrons. The first-order valence-corrected chi connectivity index (χ1v) is 5.97. The first-order chi connectivity index (χ1) is 9.65. The molecule has 0 amide bonds. The molecule has 20 heavy (non-hydrogen) atoms. The van der Waals surface area contributed by atoms with Gasteiger partial charge in [-0.2, -0.15) is 0 Å². The Balaban J connectivity index is 2.16. The Morgan fingerprint density at radius 3 is 3.10 bits per heavy atom. The van der Waals surface area contributed by atoms with E-state index in [0.717, 1.165) is 0 Å². The van der Waals surface area contributed by atoms with Crippen molar-refractivity contribution in [3.8, 4) is 5.75 Å². The van der Waals surface area contributed by atoms with Crippen LogP contribution in [0.5, 0.6) is 5.75 Å². The van der Waals surface area contributed by atoms with E-state index in [0.29, 0.717) is 5.56 Å². The maximum atomic E-state index is 13.8. The van der Waals surface area contributed by atoms with Gasteiger partial charge in [0, 0.05) is 5.56 Å². The lowest BCUT2D eigenvalue weighted by molar-refractivity contribution is -0.142. The fraction of sp³-hybridized carbons (Fsp3) is 0.286. The fourth-order valence-corrected chi connectivity index (χ4v) is 1.69. The molecule has 1 unspecified atom stereocenters. The van der Waals surface area contributed by atoms with Crippen LogP contribution in [0.15, 0.2) is 35.8 Å². The van der Waals surface area contributed by atoms with E-state index in [9.17, 15) is 9.18 Å². The van der Waals surface area contributed by atoms with Crippen molar-refractivity contribution in [1.29, 1.82) is 0 Å². The maximum Gasteiger partial charge on any atom is 0.334 e. The van der Waals surface area contributed by atoms with Crippen LogP contribution in [-0.4, -0.2) is 38.2 Å². The van der Waals surface area contributed by atoms with Gasteiger partial charge in [-0.25, -0.2) is 14.2 Å². The van der Waals surface area contributed by atoms with E-state index in [-0.39, 0.29) is 24.9 Å². The van der Waals surface area contributed by atoms with Crippen molar-refractivity contribution in [2.75, 3.05) is 20.3 Å². The third kappa shape index (κ3) is 2.96. The summed E-state index contributed by atoms with van der Waals surface area (Å²) < 4.78 is 28.8. The molecule has 1 atom stereocenters. The Bertz CT molecular complexity index is 556. The van der Waals surface area contributed by atoms with Crippen LogP contribution in [0.2, 0.25) is 0 Å². The van der Waals surface area contributed by atoms with Crippen LogP contribution < -0.4 is 4.74 Å². The molecule has 0 saturated carbocycles. The highest BCUT2D eigenvalue weighted by molar-refractivity contribution is 5.97. The number of esters is 1. The quantitative estimate of drug-likeness (QED) is 0.608. The smallest absolute Gasteiger partial charge is 0.334 e. The minimum Gasteiger partial charge on any atom is -0.486 e. The van der Waals surface area contributed by atoms with Crippen molar-refractivity contribution in [3.05, 3.63) is 42.2 Å². The van der Waals surface area contributed by atoms with Gasteiger partial charge < -0.3 is 14.2 Å². The van der Waals surface area contributed by atoms with Gasteiger partial charge in [-0.1, -0.05) is 12.7 Å². The van der Waals surface area contributed by atoms with E-state index < -0.39 is 17.8 Å². The number of hydrogen-bond donors (Lipinski definition) is 0. The topological polar surface area (TPSA) is 57.1 Å². The number of ether oxygens (including phenoxy) is 3. The highest BCUT2D eigenvalue weighted by Crippen LogP contribution is 2.21. The number of carbonyl (C=O) groups excluding carboxylic acids is 1. The van der Waals surface area contributed by atoms with Crippen molar-refractivity contribution >= 4 is 11.9 Å². The van der Waals surface area contributed by atoms with Gasteiger partial charge in [0.15, 0.2) is 17.6 Å². The molecule has 1 aliphatic heterocycles. The molecule has 0 spiro atoms. The van der Waals surface area contributed by atoms with Gasteiger partial charge in [-0.05, 0) is 18.2 Å². The highest BCUT2D eigenvalue weighted by Gasteiger charge is 2.27. The highest BCUT2D eigenvalue weighted by atomic mass is 19.1. The van der Waals surface area contributed by atoms with E-state index in [4.69, 9.17) is 9.47 Å². The third-order valence-corrected chi connectivity index (χ3v) is 2.66. The second kappa shape index (κ2) is 6.18. The van der Waals surface area contributed by atoms with Gasteiger partial charge in [0.1, 0.15) is 13.2 Å². The van der Waals surface area contributed by atoms with Gasteiger partial charge in [0.25, 0.3) is 0 Å². The largest absolute Gasteiger partial charge is 0.486 e. The molecule has 0 N–H and O–H groups in total. The van der Waals surface area contributed by atoms with Crippen molar-refractivity contribution in [1.82, 2.24) is 0 Å². The molecule has 5 nitrogen and oxygen atoms in total. The molecule has 1 heterocycles. The molecule has 1 aromatic carbocycles. The zero-order chi connectivity index (χ0) is 14.5. The summed E-state index contributed by atoms with van der Waals surface area (Å²) in [6.45, 7) is 3.80. The summed E-state index contributed by atoms with van der Waals surface area (Å²) in [6, 6.07) is 3.64. The average Bonchev–Trinajstić information content (AvgIpc) is 2.95. The summed E-state index contributed by atoms with van der Waals surface area (Å²) in [4.78, 5) is 15.4.